The molecule has 12 heavy (non-hydrogen) atoms. The zero-order chi connectivity index (χ0) is 8.77. The summed E-state index contributed by atoms with van der Waals surface area (Å²) in [4.78, 5) is 10.9. The molecule has 0 aromatic rings. The van der Waals surface area contributed by atoms with Gasteiger partial charge in [-0.3, -0.25) is 0 Å². The smallest absolute Gasteiger partial charge is 0.362 e. The number of hydrogen-bond donors (Lipinski definition) is 1. The van der Waals surface area contributed by atoms with Crippen molar-refractivity contribution in [3.8, 4) is 0 Å². The van der Waals surface area contributed by atoms with Gasteiger partial charge in [-0.1, -0.05) is 0 Å². The van der Waals surface area contributed by atoms with Gasteiger partial charge in [-0.05, 0) is 18.8 Å². The average molecular weight is 170 g/mol. The summed E-state index contributed by atoms with van der Waals surface area (Å²) in [7, 11) is 2.09. The molecule has 3 heterocycles. The number of fused-ring (bicyclic) bond motifs is 3. The van der Waals surface area contributed by atoms with Gasteiger partial charge in [0, 0.05) is 6.42 Å². The van der Waals surface area contributed by atoms with E-state index in [-0.39, 0.29) is 6.04 Å². The van der Waals surface area contributed by atoms with Crippen LogP contribution in [0, 0.1) is 5.92 Å². The van der Waals surface area contributed by atoms with Crippen LogP contribution in [0.4, 0.5) is 0 Å². The van der Waals surface area contributed by atoms with Gasteiger partial charge in [0.25, 0.3) is 0 Å². The second-order valence-electron chi connectivity index (χ2n) is 4.46. The molecule has 0 spiro atoms. The Kier molecular flexibility index (Phi) is 1.65. The van der Waals surface area contributed by atoms with Crippen molar-refractivity contribution in [2.75, 3.05) is 20.1 Å². The lowest BCUT2D eigenvalue weighted by molar-refractivity contribution is -0.940. The van der Waals surface area contributed by atoms with Crippen molar-refractivity contribution in [3.63, 3.8) is 0 Å². The highest BCUT2D eigenvalue weighted by molar-refractivity contribution is 5.72. The van der Waals surface area contributed by atoms with Gasteiger partial charge in [0.15, 0.2) is 6.04 Å². The predicted octanol–water partition coefficient (Wildman–Crippen LogP) is 0.700. The summed E-state index contributed by atoms with van der Waals surface area (Å²) >= 11 is 0. The number of quaternary nitrogens is 1. The summed E-state index contributed by atoms with van der Waals surface area (Å²) in [6.07, 6.45) is 3.38. The molecule has 68 valence electrons. The highest BCUT2D eigenvalue weighted by Crippen LogP contribution is 2.36. The normalized spacial score (nSPS) is 46.1. The molecular weight excluding hydrogens is 154 g/mol. The van der Waals surface area contributed by atoms with E-state index in [1.54, 1.807) is 0 Å². The molecular formula is C9H16NO2+. The van der Waals surface area contributed by atoms with Gasteiger partial charge in [0.05, 0.1) is 20.1 Å². The van der Waals surface area contributed by atoms with E-state index in [9.17, 15) is 4.79 Å². The lowest BCUT2D eigenvalue weighted by atomic mass is 9.81. The average Bonchev–Trinajstić information content (AvgIpc) is 2.04. The predicted molar refractivity (Wildman–Crippen MR) is 44.7 cm³/mol. The molecule has 0 saturated carbocycles. The van der Waals surface area contributed by atoms with Crippen molar-refractivity contribution < 1.29 is 14.4 Å². The number of piperidine rings is 3. The van der Waals surface area contributed by atoms with Gasteiger partial charge < -0.3 is 9.59 Å². The summed E-state index contributed by atoms with van der Waals surface area (Å²) in [5, 5.41) is 9.01. The first-order valence-corrected chi connectivity index (χ1v) is 4.69. The number of carbonyl (C=O) groups is 1. The summed E-state index contributed by atoms with van der Waals surface area (Å²) in [6, 6.07) is -0.113. The van der Waals surface area contributed by atoms with Gasteiger partial charge in [0.1, 0.15) is 0 Å². The Morgan fingerprint density at radius 1 is 1.42 bits per heavy atom. The minimum absolute atomic E-state index is 0.113. The van der Waals surface area contributed by atoms with E-state index in [2.05, 4.69) is 7.05 Å². The molecule has 1 unspecified atom stereocenters. The Hall–Kier alpha value is -0.570. The van der Waals surface area contributed by atoms with Crippen molar-refractivity contribution in [1.29, 1.82) is 0 Å². The molecule has 3 aliphatic rings. The second-order valence-corrected chi connectivity index (χ2v) is 4.46. The highest BCUT2D eigenvalue weighted by atomic mass is 16.4. The minimum Gasteiger partial charge on any atom is -0.477 e. The molecule has 3 fully saturated rings. The van der Waals surface area contributed by atoms with E-state index in [1.165, 1.54) is 12.8 Å². The van der Waals surface area contributed by atoms with Crippen molar-refractivity contribution in [1.82, 2.24) is 0 Å². The molecule has 0 aliphatic carbocycles. The first-order valence-electron chi connectivity index (χ1n) is 4.69. The molecule has 0 aromatic carbocycles. The van der Waals surface area contributed by atoms with Crippen LogP contribution < -0.4 is 0 Å². The molecule has 3 aliphatic heterocycles. The molecule has 3 saturated heterocycles. The van der Waals surface area contributed by atoms with Crippen LogP contribution in [0.25, 0.3) is 0 Å². The number of nitrogens with zero attached hydrogens (tertiary/aromatic N) is 1. The number of aliphatic carboxylic acids is 1. The molecule has 3 heteroatoms. The third-order valence-electron chi connectivity index (χ3n) is 3.69. The number of rotatable bonds is 1. The fourth-order valence-electron chi connectivity index (χ4n) is 2.70. The van der Waals surface area contributed by atoms with Crippen LogP contribution in [0.1, 0.15) is 19.3 Å². The third kappa shape index (κ3) is 1.04. The first kappa shape index (κ1) is 8.05. The second kappa shape index (κ2) is 2.46. The van der Waals surface area contributed by atoms with Crippen LogP contribution in [0.15, 0.2) is 0 Å². The van der Waals surface area contributed by atoms with Gasteiger partial charge in [-0.15, -0.1) is 0 Å². The third-order valence-corrected chi connectivity index (χ3v) is 3.69. The zero-order valence-electron chi connectivity index (χ0n) is 7.49. The lowest BCUT2D eigenvalue weighted by Crippen LogP contribution is -2.64. The van der Waals surface area contributed by atoms with Crippen molar-refractivity contribution in [3.05, 3.63) is 0 Å². The molecule has 0 aromatic heterocycles. The van der Waals surface area contributed by atoms with E-state index >= 15 is 0 Å². The highest BCUT2D eigenvalue weighted by Gasteiger charge is 2.48. The molecule has 2 bridgehead atoms. The summed E-state index contributed by atoms with van der Waals surface area (Å²) < 4.78 is 0.784. The van der Waals surface area contributed by atoms with Gasteiger partial charge in [-0.25, -0.2) is 4.79 Å². The number of carboxylic acids is 1. The lowest BCUT2D eigenvalue weighted by Gasteiger charge is -2.50. The fourth-order valence-corrected chi connectivity index (χ4v) is 2.70. The molecule has 3 rings (SSSR count). The van der Waals surface area contributed by atoms with E-state index in [4.69, 9.17) is 5.11 Å². The molecule has 1 N–H and O–H groups in total. The maximum atomic E-state index is 10.9. The van der Waals surface area contributed by atoms with Gasteiger partial charge >= 0.3 is 5.97 Å². The Morgan fingerprint density at radius 2 is 2.00 bits per heavy atom. The van der Waals surface area contributed by atoms with Gasteiger partial charge in [0.2, 0.25) is 0 Å². The Balaban J connectivity index is 2.20. The Labute approximate surface area is 72.6 Å². The number of likely N-dealkylation sites (N-methyl/N-ethyl adjacent to an activating group) is 1. The van der Waals surface area contributed by atoms with E-state index in [0.29, 0.717) is 5.92 Å². The van der Waals surface area contributed by atoms with Crippen LogP contribution in [0.5, 0.6) is 0 Å². The zero-order valence-corrected chi connectivity index (χ0v) is 7.49. The number of carboxylic acid groups (broad SMARTS) is 1. The van der Waals surface area contributed by atoms with Crippen LogP contribution in [-0.4, -0.2) is 41.7 Å². The van der Waals surface area contributed by atoms with Crippen molar-refractivity contribution >= 4 is 5.97 Å². The van der Waals surface area contributed by atoms with Crippen LogP contribution >= 0.6 is 0 Å². The SMILES string of the molecule is C[N+]12CCC(CC1)CC2C(=O)O. The summed E-state index contributed by atoms with van der Waals surface area (Å²) in [5.41, 5.74) is 0. The van der Waals surface area contributed by atoms with Crippen molar-refractivity contribution in [2.45, 2.75) is 25.3 Å². The largest absolute Gasteiger partial charge is 0.477 e. The van der Waals surface area contributed by atoms with Crippen LogP contribution in [-0.2, 0) is 4.79 Å². The standard InChI is InChI=1S/C9H15NO2/c1-10-4-2-7(3-5-10)6-8(10)9(11)12/h7-8H,2-6H2,1H3/p+1. The molecule has 0 radical (unpaired) electrons. The minimum atomic E-state index is -0.595. The van der Waals surface area contributed by atoms with E-state index < -0.39 is 5.97 Å². The fraction of sp³-hybridized carbons (Fsp3) is 0.889. The van der Waals surface area contributed by atoms with Gasteiger partial charge in [-0.2, -0.15) is 0 Å². The topological polar surface area (TPSA) is 37.3 Å². The Bertz CT molecular complexity index is 207. The quantitative estimate of drug-likeness (QED) is 0.588. The number of hydrogen-bond acceptors (Lipinski definition) is 1. The first-order chi connectivity index (χ1) is 5.62. The Morgan fingerprint density at radius 3 is 2.33 bits per heavy atom. The van der Waals surface area contributed by atoms with E-state index in [1.807, 2.05) is 0 Å². The summed E-state index contributed by atoms with van der Waals surface area (Å²) in [6.45, 7) is 2.14. The van der Waals surface area contributed by atoms with Crippen LogP contribution in [0.3, 0.4) is 0 Å². The molecule has 0 amide bonds. The molecule has 1 atom stereocenters. The maximum absolute atomic E-state index is 10.9. The van der Waals surface area contributed by atoms with Crippen LogP contribution in [0.2, 0.25) is 0 Å². The van der Waals surface area contributed by atoms with E-state index in [0.717, 1.165) is 24.0 Å². The monoisotopic (exact) mass is 170 g/mol. The maximum Gasteiger partial charge on any atom is 0.362 e. The van der Waals surface area contributed by atoms with Crippen molar-refractivity contribution in [2.24, 2.45) is 5.92 Å². The molecule has 3 nitrogen and oxygen atoms in total. The summed E-state index contributed by atoms with van der Waals surface area (Å²) in [5.74, 6) is 0.105.